The number of amides is 3. The van der Waals surface area contributed by atoms with Gasteiger partial charge in [-0.25, -0.2) is 4.79 Å². The van der Waals surface area contributed by atoms with E-state index in [1.807, 2.05) is 91.9 Å². The van der Waals surface area contributed by atoms with Crippen LogP contribution in [0.3, 0.4) is 0 Å². The first kappa shape index (κ1) is 22.6. The fourth-order valence-corrected chi connectivity index (χ4v) is 3.60. The molecule has 6 heteroatoms. The second-order valence-electron chi connectivity index (χ2n) is 7.30. The van der Waals surface area contributed by atoms with Crippen LogP contribution in [0, 0.1) is 0 Å². The van der Waals surface area contributed by atoms with Gasteiger partial charge in [-0.05, 0) is 36.2 Å². The molecule has 160 valence electrons. The van der Waals surface area contributed by atoms with Gasteiger partial charge >= 0.3 is 6.03 Å². The van der Waals surface area contributed by atoms with Crippen LogP contribution in [0.15, 0.2) is 89.4 Å². The molecule has 0 aliphatic rings. The highest BCUT2D eigenvalue weighted by Crippen LogP contribution is 2.17. The van der Waals surface area contributed by atoms with E-state index < -0.39 is 0 Å². The Morgan fingerprint density at radius 1 is 0.935 bits per heavy atom. The van der Waals surface area contributed by atoms with Crippen LogP contribution in [-0.2, 0) is 11.3 Å². The van der Waals surface area contributed by atoms with E-state index in [-0.39, 0.29) is 24.4 Å². The number of benzene rings is 3. The lowest BCUT2D eigenvalue weighted by Crippen LogP contribution is -2.38. The standard InChI is InChI=1S/C25H26BrN3O2/c1-19(21-11-6-3-7-12-21)27-24(30)15-16-29(18-20-9-4-2-5-10-20)25(31)28-23-14-8-13-22(26)17-23/h2-14,17,19H,15-16,18H2,1H3,(H,27,30)(H,28,31). The van der Waals surface area contributed by atoms with Crippen molar-refractivity contribution in [3.63, 3.8) is 0 Å². The van der Waals surface area contributed by atoms with Gasteiger partial charge in [0.25, 0.3) is 0 Å². The summed E-state index contributed by atoms with van der Waals surface area (Å²) in [4.78, 5) is 27.1. The third-order valence-corrected chi connectivity index (χ3v) is 5.36. The van der Waals surface area contributed by atoms with Crippen molar-refractivity contribution >= 4 is 33.6 Å². The summed E-state index contributed by atoms with van der Waals surface area (Å²) in [5.74, 6) is -0.0929. The molecule has 3 rings (SSSR count). The second-order valence-corrected chi connectivity index (χ2v) is 8.21. The van der Waals surface area contributed by atoms with Gasteiger partial charge in [-0.2, -0.15) is 0 Å². The first-order valence-corrected chi connectivity index (χ1v) is 11.0. The zero-order chi connectivity index (χ0) is 22.1. The van der Waals surface area contributed by atoms with Gasteiger partial charge in [-0.3, -0.25) is 4.79 Å². The van der Waals surface area contributed by atoms with E-state index >= 15 is 0 Å². The molecule has 3 amide bonds. The van der Waals surface area contributed by atoms with Crippen molar-refractivity contribution in [3.8, 4) is 0 Å². The second kappa shape index (κ2) is 11.3. The summed E-state index contributed by atoms with van der Waals surface area (Å²) in [5.41, 5.74) is 2.74. The molecule has 31 heavy (non-hydrogen) atoms. The molecule has 0 aromatic heterocycles. The summed E-state index contributed by atoms with van der Waals surface area (Å²) in [6, 6.07) is 26.7. The summed E-state index contributed by atoms with van der Waals surface area (Å²) >= 11 is 3.42. The fraction of sp³-hybridized carbons (Fsp3) is 0.200. The van der Waals surface area contributed by atoms with Crippen LogP contribution in [-0.4, -0.2) is 23.4 Å². The van der Waals surface area contributed by atoms with Crippen molar-refractivity contribution in [2.75, 3.05) is 11.9 Å². The van der Waals surface area contributed by atoms with Crippen molar-refractivity contribution in [3.05, 3.63) is 101 Å². The van der Waals surface area contributed by atoms with E-state index in [1.165, 1.54) is 0 Å². The molecule has 0 radical (unpaired) electrons. The van der Waals surface area contributed by atoms with Crippen LogP contribution < -0.4 is 10.6 Å². The van der Waals surface area contributed by atoms with Gasteiger partial charge in [-0.1, -0.05) is 82.7 Å². The van der Waals surface area contributed by atoms with E-state index in [9.17, 15) is 9.59 Å². The molecule has 0 spiro atoms. The molecular formula is C25H26BrN3O2. The van der Waals surface area contributed by atoms with E-state index in [0.717, 1.165) is 15.6 Å². The Balaban J connectivity index is 1.63. The molecule has 0 bridgehead atoms. The molecular weight excluding hydrogens is 454 g/mol. The Hall–Kier alpha value is -3.12. The topological polar surface area (TPSA) is 61.4 Å². The lowest BCUT2D eigenvalue weighted by Gasteiger charge is -2.24. The molecule has 0 aliphatic heterocycles. The van der Waals surface area contributed by atoms with Gasteiger partial charge in [0.05, 0.1) is 6.04 Å². The summed E-state index contributed by atoms with van der Waals surface area (Å²) in [6.45, 7) is 2.68. The zero-order valence-electron chi connectivity index (χ0n) is 17.4. The highest BCUT2D eigenvalue weighted by Gasteiger charge is 2.17. The summed E-state index contributed by atoms with van der Waals surface area (Å²) in [7, 11) is 0. The van der Waals surface area contributed by atoms with Crippen LogP contribution in [0.1, 0.15) is 30.5 Å². The molecule has 3 aromatic carbocycles. The number of hydrogen-bond donors (Lipinski definition) is 2. The number of carbonyl (C=O) groups is 2. The van der Waals surface area contributed by atoms with E-state index in [4.69, 9.17) is 0 Å². The maximum absolute atomic E-state index is 13.0. The Labute approximate surface area is 191 Å². The minimum atomic E-state index is -0.245. The number of hydrogen-bond acceptors (Lipinski definition) is 2. The smallest absolute Gasteiger partial charge is 0.322 e. The number of carbonyl (C=O) groups excluding carboxylic acids is 2. The van der Waals surface area contributed by atoms with Crippen LogP contribution in [0.5, 0.6) is 0 Å². The van der Waals surface area contributed by atoms with Gasteiger partial charge in [0, 0.05) is 29.7 Å². The maximum atomic E-state index is 13.0. The molecule has 0 aliphatic carbocycles. The van der Waals surface area contributed by atoms with Crippen LogP contribution in [0.2, 0.25) is 0 Å². The number of halogens is 1. The Morgan fingerprint density at radius 3 is 2.29 bits per heavy atom. The number of anilines is 1. The number of rotatable bonds is 8. The van der Waals surface area contributed by atoms with Gasteiger partial charge in [0.1, 0.15) is 0 Å². The largest absolute Gasteiger partial charge is 0.350 e. The zero-order valence-corrected chi connectivity index (χ0v) is 19.0. The molecule has 3 aromatic rings. The lowest BCUT2D eigenvalue weighted by molar-refractivity contribution is -0.121. The summed E-state index contributed by atoms with van der Waals surface area (Å²) in [6.07, 6.45) is 0.218. The van der Waals surface area contributed by atoms with E-state index in [1.54, 1.807) is 4.90 Å². The van der Waals surface area contributed by atoms with Gasteiger partial charge in [0.2, 0.25) is 5.91 Å². The quantitative estimate of drug-likeness (QED) is 0.431. The Morgan fingerprint density at radius 2 is 1.61 bits per heavy atom. The maximum Gasteiger partial charge on any atom is 0.322 e. The van der Waals surface area contributed by atoms with Crippen molar-refractivity contribution in [2.45, 2.75) is 25.9 Å². The van der Waals surface area contributed by atoms with Crippen LogP contribution in [0.25, 0.3) is 0 Å². The van der Waals surface area contributed by atoms with Crippen molar-refractivity contribution < 1.29 is 9.59 Å². The third kappa shape index (κ3) is 7.26. The van der Waals surface area contributed by atoms with Crippen LogP contribution >= 0.6 is 15.9 Å². The predicted octanol–water partition coefficient (Wildman–Crippen LogP) is 5.75. The SMILES string of the molecule is CC(NC(=O)CCN(Cc1ccccc1)C(=O)Nc1cccc(Br)c1)c1ccccc1. The van der Waals surface area contributed by atoms with Crippen molar-refractivity contribution in [1.82, 2.24) is 10.2 Å². The van der Waals surface area contributed by atoms with Crippen LogP contribution in [0.4, 0.5) is 10.5 Å². The average molecular weight is 480 g/mol. The summed E-state index contributed by atoms with van der Waals surface area (Å²) in [5, 5.41) is 5.93. The van der Waals surface area contributed by atoms with E-state index in [2.05, 4.69) is 26.6 Å². The van der Waals surface area contributed by atoms with Gasteiger partial charge in [0.15, 0.2) is 0 Å². The highest BCUT2D eigenvalue weighted by molar-refractivity contribution is 9.10. The molecule has 1 atom stereocenters. The Bertz CT molecular complexity index is 996. The number of urea groups is 1. The molecule has 5 nitrogen and oxygen atoms in total. The molecule has 0 saturated carbocycles. The third-order valence-electron chi connectivity index (χ3n) is 4.87. The molecule has 0 heterocycles. The first-order valence-electron chi connectivity index (χ1n) is 10.2. The summed E-state index contributed by atoms with van der Waals surface area (Å²) < 4.78 is 0.884. The molecule has 0 fully saturated rings. The average Bonchev–Trinajstić information content (AvgIpc) is 2.78. The number of nitrogens with one attached hydrogen (secondary N) is 2. The van der Waals surface area contributed by atoms with Crippen molar-refractivity contribution in [2.24, 2.45) is 0 Å². The minimum Gasteiger partial charge on any atom is -0.350 e. The number of nitrogens with zero attached hydrogens (tertiary/aromatic N) is 1. The van der Waals surface area contributed by atoms with Gasteiger partial charge in [-0.15, -0.1) is 0 Å². The first-order chi connectivity index (χ1) is 15.0. The molecule has 1 unspecified atom stereocenters. The lowest BCUT2D eigenvalue weighted by atomic mass is 10.1. The highest BCUT2D eigenvalue weighted by atomic mass is 79.9. The Kier molecular flexibility index (Phi) is 8.24. The molecule has 2 N–H and O–H groups in total. The predicted molar refractivity (Wildman–Crippen MR) is 128 cm³/mol. The minimum absolute atomic E-state index is 0.0910. The fourth-order valence-electron chi connectivity index (χ4n) is 3.20. The van der Waals surface area contributed by atoms with E-state index in [0.29, 0.717) is 18.8 Å². The molecule has 0 saturated heterocycles. The van der Waals surface area contributed by atoms with Crippen molar-refractivity contribution in [1.29, 1.82) is 0 Å². The van der Waals surface area contributed by atoms with Gasteiger partial charge < -0.3 is 15.5 Å². The normalized spacial score (nSPS) is 11.4. The monoisotopic (exact) mass is 479 g/mol.